The molecule has 2 aromatic carbocycles. The minimum atomic E-state index is -0.926. The SMILES string of the molecule is CC(C)(C)OC(=O)c1ccc(C[C@@H](C(=O)O)c2ccc3c(c2)OCO3)cc1. The van der Waals surface area contributed by atoms with Gasteiger partial charge in [0.05, 0.1) is 11.5 Å². The second-order valence-corrected chi connectivity index (χ2v) is 7.41. The Balaban J connectivity index is 1.75. The van der Waals surface area contributed by atoms with Crippen molar-refractivity contribution >= 4 is 11.9 Å². The highest BCUT2D eigenvalue weighted by molar-refractivity contribution is 5.89. The molecule has 0 bridgehead atoms. The molecule has 0 spiro atoms. The predicted molar refractivity (Wildman–Crippen MR) is 98.3 cm³/mol. The molecule has 2 aromatic rings. The Hall–Kier alpha value is -3.02. The summed E-state index contributed by atoms with van der Waals surface area (Å²) < 4.78 is 15.9. The molecular weight excluding hydrogens is 348 g/mol. The van der Waals surface area contributed by atoms with Gasteiger partial charge in [0, 0.05) is 0 Å². The molecule has 0 aliphatic carbocycles. The summed E-state index contributed by atoms with van der Waals surface area (Å²) in [6.07, 6.45) is 0.295. The quantitative estimate of drug-likeness (QED) is 0.807. The standard InChI is InChI=1S/C21H22O6/c1-21(2,3)27-20(24)14-6-4-13(5-7-14)10-16(19(22)23)15-8-9-17-18(11-15)26-12-25-17/h4-9,11,16H,10,12H2,1-3H3,(H,22,23)/t16-/m1/s1. The van der Waals surface area contributed by atoms with Crippen LogP contribution in [-0.4, -0.2) is 29.4 Å². The topological polar surface area (TPSA) is 82.1 Å². The Morgan fingerprint density at radius 1 is 1.07 bits per heavy atom. The van der Waals surface area contributed by atoms with Crippen molar-refractivity contribution in [3.05, 3.63) is 59.2 Å². The van der Waals surface area contributed by atoms with Gasteiger partial charge in [0.1, 0.15) is 5.60 Å². The van der Waals surface area contributed by atoms with E-state index >= 15 is 0 Å². The van der Waals surface area contributed by atoms with Crippen molar-refractivity contribution in [1.82, 2.24) is 0 Å². The normalized spacial score (nSPS) is 13.9. The van der Waals surface area contributed by atoms with Crippen molar-refractivity contribution in [3.8, 4) is 11.5 Å². The van der Waals surface area contributed by atoms with E-state index in [1.165, 1.54) is 0 Å². The number of carbonyl (C=O) groups excluding carboxylic acids is 1. The van der Waals surface area contributed by atoms with Crippen LogP contribution < -0.4 is 9.47 Å². The molecule has 0 saturated carbocycles. The molecule has 3 rings (SSSR count). The van der Waals surface area contributed by atoms with Gasteiger partial charge in [0.15, 0.2) is 11.5 Å². The number of carboxylic acid groups (broad SMARTS) is 1. The van der Waals surface area contributed by atoms with Crippen molar-refractivity contribution in [2.24, 2.45) is 0 Å². The second-order valence-electron chi connectivity index (χ2n) is 7.41. The van der Waals surface area contributed by atoms with Crippen LogP contribution in [-0.2, 0) is 16.0 Å². The summed E-state index contributed by atoms with van der Waals surface area (Å²) >= 11 is 0. The lowest BCUT2D eigenvalue weighted by Crippen LogP contribution is -2.23. The largest absolute Gasteiger partial charge is 0.481 e. The molecule has 142 valence electrons. The van der Waals surface area contributed by atoms with Crippen LogP contribution in [0.3, 0.4) is 0 Å². The van der Waals surface area contributed by atoms with Gasteiger partial charge >= 0.3 is 11.9 Å². The number of fused-ring (bicyclic) bond motifs is 1. The number of hydrogen-bond donors (Lipinski definition) is 1. The van der Waals surface area contributed by atoms with E-state index in [2.05, 4.69) is 0 Å². The fourth-order valence-corrected chi connectivity index (χ4v) is 2.83. The molecule has 6 heteroatoms. The average molecular weight is 370 g/mol. The first-order valence-corrected chi connectivity index (χ1v) is 8.67. The fourth-order valence-electron chi connectivity index (χ4n) is 2.83. The highest BCUT2D eigenvalue weighted by Crippen LogP contribution is 2.35. The van der Waals surface area contributed by atoms with Crippen LogP contribution in [0.15, 0.2) is 42.5 Å². The smallest absolute Gasteiger partial charge is 0.338 e. The lowest BCUT2D eigenvalue weighted by molar-refractivity contribution is -0.138. The number of rotatable bonds is 5. The third kappa shape index (κ3) is 4.58. The Labute approximate surface area is 157 Å². The summed E-state index contributed by atoms with van der Waals surface area (Å²) in [5, 5.41) is 9.66. The van der Waals surface area contributed by atoms with Gasteiger partial charge in [-0.1, -0.05) is 18.2 Å². The van der Waals surface area contributed by atoms with Crippen LogP contribution in [0.25, 0.3) is 0 Å². The van der Waals surface area contributed by atoms with Crippen LogP contribution in [0.1, 0.15) is 48.2 Å². The summed E-state index contributed by atoms with van der Waals surface area (Å²) in [7, 11) is 0. The van der Waals surface area contributed by atoms with Gasteiger partial charge in [-0.2, -0.15) is 0 Å². The number of esters is 1. The van der Waals surface area contributed by atoms with Crippen LogP contribution in [0.2, 0.25) is 0 Å². The van der Waals surface area contributed by atoms with Crippen LogP contribution in [0.5, 0.6) is 11.5 Å². The molecular formula is C21H22O6. The maximum Gasteiger partial charge on any atom is 0.338 e. The number of benzene rings is 2. The second kappa shape index (κ2) is 7.31. The van der Waals surface area contributed by atoms with Crippen LogP contribution in [0.4, 0.5) is 0 Å². The summed E-state index contributed by atoms with van der Waals surface area (Å²) in [6, 6.07) is 12.0. The van der Waals surface area contributed by atoms with E-state index < -0.39 is 23.5 Å². The molecule has 0 radical (unpaired) electrons. The Kier molecular flexibility index (Phi) is 5.08. The number of aliphatic carboxylic acids is 1. The molecule has 1 aliphatic heterocycles. The van der Waals surface area contributed by atoms with Crippen molar-refractivity contribution < 1.29 is 28.9 Å². The molecule has 0 amide bonds. The van der Waals surface area contributed by atoms with E-state index in [1.54, 1.807) is 42.5 Å². The summed E-state index contributed by atoms with van der Waals surface area (Å²) in [4.78, 5) is 23.9. The first-order chi connectivity index (χ1) is 12.7. The van der Waals surface area contributed by atoms with Crippen molar-refractivity contribution in [1.29, 1.82) is 0 Å². The van der Waals surface area contributed by atoms with Gasteiger partial charge in [-0.25, -0.2) is 4.79 Å². The molecule has 27 heavy (non-hydrogen) atoms. The van der Waals surface area contributed by atoms with Crippen molar-refractivity contribution in [3.63, 3.8) is 0 Å². The number of carbonyl (C=O) groups is 2. The van der Waals surface area contributed by atoms with Crippen molar-refractivity contribution in [2.75, 3.05) is 6.79 Å². The first-order valence-electron chi connectivity index (χ1n) is 8.67. The molecule has 0 unspecified atom stereocenters. The Bertz CT molecular complexity index is 848. The van der Waals surface area contributed by atoms with Gasteiger partial charge in [-0.3, -0.25) is 4.79 Å². The zero-order valence-corrected chi connectivity index (χ0v) is 15.5. The van der Waals surface area contributed by atoms with Gasteiger partial charge in [-0.05, 0) is 62.6 Å². The van der Waals surface area contributed by atoms with Crippen molar-refractivity contribution in [2.45, 2.75) is 38.7 Å². The summed E-state index contributed by atoms with van der Waals surface area (Å²) in [6.45, 7) is 5.56. The van der Waals surface area contributed by atoms with Gasteiger partial charge in [0.25, 0.3) is 0 Å². The first kappa shape index (κ1) is 18.8. The monoisotopic (exact) mass is 370 g/mol. The van der Waals surface area contributed by atoms with E-state index in [4.69, 9.17) is 14.2 Å². The minimum Gasteiger partial charge on any atom is -0.481 e. The maximum atomic E-state index is 12.1. The lowest BCUT2D eigenvalue weighted by Gasteiger charge is -2.19. The molecule has 0 saturated heterocycles. The Morgan fingerprint density at radius 2 is 1.74 bits per heavy atom. The molecule has 0 fully saturated rings. The highest BCUT2D eigenvalue weighted by Gasteiger charge is 2.24. The molecule has 1 atom stereocenters. The van der Waals surface area contributed by atoms with E-state index in [1.807, 2.05) is 20.8 Å². The molecule has 1 heterocycles. The third-order valence-electron chi connectivity index (χ3n) is 4.13. The van der Waals surface area contributed by atoms with Gasteiger partial charge in [0.2, 0.25) is 6.79 Å². The minimum absolute atomic E-state index is 0.142. The summed E-state index contributed by atoms with van der Waals surface area (Å²) in [5.74, 6) is -0.889. The molecule has 0 aromatic heterocycles. The maximum absolute atomic E-state index is 12.1. The highest BCUT2D eigenvalue weighted by atomic mass is 16.7. The fraction of sp³-hybridized carbons (Fsp3) is 0.333. The van der Waals surface area contributed by atoms with E-state index in [0.717, 1.165) is 5.56 Å². The molecule has 1 N–H and O–H groups in total. The van der Waals surface area contributed by atoms with Crippen LogP contribution in [0, 0.1) is 0 Å². The van der Waals surface area contributed by atoms with E-state index in [9.17, 15) is 14.7 Å². The zero-order valence-electron chi connectivity index (χ0n) is 15.5. The Morgan fingerprint density at radius 3 is 2.37 bits per heavy atom. The summed E-state index contributed by atoms with van der Waals surface area (Å²) in [5.41, 5.74) is 1.32. The van der Waals surface area contributed by atoms with E-state index in [0.29, 0.717) is 29.0 Å². The van der Waals surface area contributed by atoms with Crippen LogP contribution >= 0.6 is 0 Å². The third-order valence-corrected chi connectivity index (χ3v) is 4.13. The zero-order chi connectivity index (χ0) is 19.6. The molecule has 6 nitrogen and oxygen atoms in total. The predicted octanol–water partition coefficient (Wildman–Crippen LogP) is 3.78. The van der Waals surface area contributed by atoms with Gasteiger partial charge in [-0.15, -0.1) is 0 Å². The number of carboxylic acids is 1. The molecule has 1 aliphatic rings. The number of ether oxygens (including phenoxy) is 3. The number of hydrogen-bond acceptors (Lipinski definition) is 5. The van der Waals surface area contributed by atoms with Gasteiger partial charge < -0.3 is 19.3 Å². The lowest BCUT2D eigenvalue weighted by atomic mass is 9.91. The average Bonchev–Trinajstić information content (AvgIpc) is 3.06. The van der Waals surface area contributed by atoms with E-state index in [-0.39, 0.29) is 6.79 Å².